The van der Waals surface area contributed by atoms with Crippen LogP contribution in [0.5, 0.6) is 5.75 Å². The van der Waals surface area contributed by atoms with E-state index < -0.39 is 6.10 Å². The molecule has 120 valence electrons. The molecule has 0 radical (unpaired) electrons. The zero-order valence-electron chi connectivity index (χ0n) is 12.7. The van der Waals surface area contributed by atoms with Gasteiger partial charge in [0.1, 0.15) is 24.2 Å². The van der Waals surface area contributed by atoms with Gasteiger partial charge in [0.15, 0.2) is 0 Å². The molecular formula is C17H22ClNO3. The van der Waals surface area contributed by atoms with Gasteiger partial charge >= 0.3 is 0 Å². The molecule has 0 aliphatic heterocycles. The Morgan fingerprint density at radius 1 is 1.27 bits per heavy atom. The molecule has 4 nitrogen and oxygen atoms in total. The summed E-state index contributed by atoms with van der Waals surface area (Å²) in [7, 11) is 0. The van der Waals surface area contributed by atoms with Gasteiger partial charge in [-0.15, -0.1) is 0 Å². The fourth-order valence-electron chi connectivity index (χ4n) is 2.25. The third kappa shape index (κ3) is 5.72. The second-order valence-electron chi connectivity index (χ2n) is 5.23. The molecule has 0 bridgehead atoms. The van der Waals surface area contributed by atoms with Crippen molar-refractivity contribution >= 4 is 11.6 Å². The fraction of sp³-hybridized carbons (Fsp3) is 0.412. The van der Waals surface area contributed by atoms with Crippen LogP contribution in [-0.4, -0.2) is 35.8 Å². The molecule has 5 heteroatoms. The molecule has 1 N–H and O–H groups in total. The Balaban J connectivity index is 1.79. The highest BCUT2D eigenvalue weighted by atomic mass is 35.5. The average molecular weight is 324 g/mol. The maximum absolute atomic E-state index is 10.2. The van der Waals surface area contributed by atoms with Gasteiger partial charge in [0.25, 0.3) is 0 Å². The summed E-state index contributed by atoms with van der Waals surface area (Å²) in [6, 6.07) is 10.9. The van der Waals surface area contributed by atoms with E-state index in [9.17, 15) is 5.11 Å². The summed E-state index contributed by atoms with van der Waals surface area (Å²) >= 11 is 5.83. The summed E-state index contributed by atoms with van der Waals surface area (Å²) in [5, 5.41) is 10.8. The fourth-order valence-corrected chi connectivity index (χ4v) is 2.37. The predicted molar refractivity (Wildman–Crippen MR) is 87.2 cm³/mol. The average Bonchev–Trinajstić information content (AvgIpc) is 3.00. The molecule has 0 aliphatic rings. The second-order valence-corrected chi connectivity index (χ2v) is 5.67. The monoisotopic (exact) mass is 323 g/mol. The van der Waals surface area contributed by atoms with Crippen LogP contribution in [-0.2, 0) is 6.54 Å². The zero-order valence-corrected chi connectivity index (χ0v) is 13.5. The molecule has 0 fully saturated rings. The minimum atomic E-state index is -0.558. The van der Waals surface area contributed by atoms with E-state index in [2.05, 4.69) is 11.8 Å². The standard InChI is InChI=1S/C17H22ClNO3/c1-2-9-19(12-17-4-3-10-21-17)11-15(20)13-22-16-7-5-14(18)6-8-16/h3-8,10,15,20H,2,9,11-13H2,1H3/t15-/m0/s1. The Hall–Kier alpha value is -1.49. The molecule has 0 spiro atoms. The molecule has 1 aromatic carbocycles. The van der Waals surface area contributed by atoms with E-state index in [0.29, 0.717) is 23.9 Å². The molecule has 0 saturated carbocycles. The lowest BCUT2D eigenvalue weighted by molar-refractivity contribution is 0.0633. The third-order valence-electron chi connectivity index (χ3n) is 3.22. The van der Waals surface area contributed by atoms with Gasteiger partial charge in [-0.3, -0.25) is 4.90 Å². The van der Waals surface area contributed by atoms with Crippen LogP contribution < -0.4 is 4.74 Å². The van der Waals surface area contributed by atoms with Gasteiger partial charge in [-0.1, -0.05) is 18.5 Å². The highest BCUT2D eigenvalue weighted by Crippen LogP contribution is 2.16. The summed E-state index contributed by atoms with van der Waals surface area (Å²) in [6.07, 6.45) is 2.13. The number of hydrogen-bond acceptors (Lipinski definition) is 4. The van der Waals surface area contributed by atoms with E-state index >= 15 is 0 Å². The van der Waals surface area contributed by atoms with Crippen molar-refractivity contribution < 1.29 is 14.3 Å². The van der Waals surface area contributed by atoms with Crippen LogP contribution in [0.2, 0.25) is 5.02 Å². The van der Waals surface area contributed by atoms with Gasteiger partial charge in [-0.2, -0.15) is 0 Å². The maximum atomic E-state index is 10.2. The van der Waals surface area contributed by atoms with Crippen LogP contribution in [0.1, 0.15) is 19.1 Å². The van der Waals surface area contributed by atoms with E-state index in [1.54, 1.807) is 30.5 Å². The zero-order chi connectivity index (χ0) is 15.8. The van der Waals surface area contributed by atoms with Gasteiger partial charge in [0, 0.05) is 11.6 Å². The first-order chi connectivity index (χ1) is 10.7. The summed E-state index contributed by atoms with van der Waals surface area (Å²) in [5.41, 5.74) is 0. The van der Waals surface area contributed by atoms with E-state index in [1.165, 1.54) is 0 Å². The number of aliphatic hydroxyl groups excluding tert-OH is 1. The van der Waals surface area contributed by atoms with Crippen molar-refractivity contribution in [2.45, 2.75) is 26.0 Å². The number of hydrogen-bond donors (Lipinski definition) is 1. The minimum Gasteiger partial charge on any atom is -0.491 e. The molecule has 2 rings (SSSR count). The molecule has 0 unspecified atom stereocenters. The molecule has 0 amide bonds. The Morgan fingerprint density at radius 3 is 2.68 bits per heavy atom. The topological polar surface area (TPSA) is 45.8 Å². The Kier molecular flexibility index (Phi) is 6.77. The first-order valence-corrected chi connectivity index (χ1v) is 7.86. The lowest BCUT2D eigenvalue weighted by atomic mass is 10.3. The summed E-state index contributed by atoms with van der Waals surface area (Å²) in [6.45, 7) is 4.51. The molecule has 1 aromatic heterocycles. The summed E-state index contributed by atoms with van der Waals surface area (Å²) in [4.78, 5) is 2.16. The van der Waals surface area contributed by atoms with Gasteiger partial charge in [0.05, 0.1) is 12.8 Å². The number of rotatable bonds is 9. The van der Waals surface area contributed by atoms with E-state index in [1.807, 2.05) is 12.1 Å². The van der Waals surface area contributed by atoms with Crippen molar-refractivity contribution in [1.29, 1.82) is 0 Å². The van der Waals surface area contributed by atoms with E-state index in [-0.39, 0.29) is 6.61 Å². The molecule has 2 aromatic rings. The number of ether oxygens (including phenoxy) is 1. The van der Waals surface area contributed by atoms with Crippen LogP contribution in [0.15, 0.2) is 47.1 Å². The smallest absolute Gasteiger partial charge is 0.119 e. The molecule has 0 aliphatic carbocycles. The van der Waals surface area contributed by atoms with Gasteiger partial charge in [-0.25, -0.2) is 0 Å². The SMILES string of the molecule is CCCN(Cc1ccco1)C[C@H](O)COc1ccc(Cl)cc1. The highest BCUT2D eigenvalue weighted by Gasteiger charge is 2.13. The van der Waals surface area contributed by atoms with Crippen LogP contribution in [0.3, 0.4) is 0 Å². The van der Waals surface area contributed by atoms with Gasteiger partial charge < -0.3 is 14.3 Å². The van der Waals surface area contributed by atoms with Crippen molar-refractivity contribution in [1.82, 2.24) is 4.90 Å². The Labute approximate surface area is 136 Å². The van der Waals surface area contributed by atoms with Crippen molar-refractivity contribution in [3.05, 3.63) is 53.4 Å². The van der Waals surface area contributed by atoms with Crippen molar-refractivity contribution in [3.8, 4) is 5.75 Å². The Morgan fingerprint density at radius 2 is 2.05 bits per heavy atom. The number of nitrogens with zero attached hydrogens (tertiary/aromatic N) is 1. The summed E-state index contributed by atoms with van der Waals surface area (Å²) < 4.78 is 10.9. The van der Waals surface area contributed by atoms with Crippen LogP contribution in [0.25, 0.3) is 0 Å². The Bertz CT molecular complexity index is 527. The number of benzene rings is 1. The molecule has 1 atom stereocenters. The van der Waals surface area contributed by atoms with Crippen molar-refractivity contribution in [2.75, 3.05) is 19.7 Å². The molecular weight excluding hydrogens is 302 g/mol. The maximum Gasteiger partial charge on any atom is 0.119 e. The lowest BCUT2D eigenvalue weighted by Gasteiger charge is -2.23. The number of aliphatic hydroxyl groups is 1. The normalized spacial score (nSPS) is 12.5. The number of halogens is 1. The summed E-state index contributed by atoms with van der Waals surface area (Å²) in [5.74, 6) is 1.61. The van der Waals surface area contributed by atoms with Crippen molar-refractivity contribution in [3.63, 3.8) is 0 Å². The quantitative estimate of drug-likeness (QED) is 0.766. The van der Waals surface area contributed by atoms with Crippen molar-refractivity contribution in [2.24, 2.45) is 0 Å². The number of furan rings is 1. The first-order valence-electron chi connectivity index (χ1n) is 7.48. The predicted octanol–water partition coefficient (Wildman–Crippen LogP) is 3.58. The van der Waals surface area contributed by atoms with Crippen LogP contribution in [0, 0.1) is 0 Å². The van der Waals surface area contributed by atoms with Gasteiger partial charge in [0.2, 0.25) is 0 Å². The highest BCUT2D eigenvalue weighted by molar-refractivity contribution is 6.30. The van der Waals surface area contributed by atoms with Crippen LogP contribution in [0.4, 0.5) is 0 Å². The van der Waals surface area contributed by atoms with Crippen LogP contribution >= 0.6 is 11.6 Å². The first kappa shape index (κ1) is 16.9. The molecule has 0 saturated heterocycles. The van der Waals surface area contributed by atoms with E-state index in [0.717, 1.165) is 18.7 Å². The van der Waals surface area contributed by atoms with Gasteiger partial charge in [-0.05, 0) is 49.4 Å². The molecule has 1 heterocycles. The minimum absolute atomic E-state index is 0.250. The molecule has 22 heavy (non-hydrogen) atoms. The largest absolute Gasteiger partial charge is 0.491 e. The lowest BCUT2D eigenvalue weighted by Crippen LogP contribution is -2.35. The third-order valence-corrected chi connectivity index (χ3v) is 3.48. The van der Waals surface area contributed by atoms with E-state index in [4.69, 9.17) is 20.8 Å². The second kappa shape index (κ2) is 8.83.